The second-order valence-corrected chi connectivity index (χ2v) is 5.61. The van der Waals surface area contributed by atoms with Gasteiger partial charge in [0.05, 0.1) is 0 Å². The van der Waals surface area contributed by atoms with Gasteiger partial charge in [-0.25, -0.2) is 4.39 Å². The quantitative estimate of drug-likeness (QED) is 0.905. The standard InChI is InChI=1S/C13H20BrFN2/c1-9(2)8-17(3)13(7-16)11-5-4-10(15)6-12(11)14/h4-6,9,13H,7-8,16H2,1-3H3. The fourth-order valence-corrected chi connectivity index (χ4v) is 2.63. The van der Waals surface area contributed by atoms with Crippen LogP contribution in [0.15, 0.2) is 22.7 Å². The average Bonchev–Trinajstić information content (AvgIpc) is 2.21. The Morgan fingerprint density at radius 2 is 2.06 bits per heavy atom. The van der Waals surface area contributed by atoms with Gasteiger partial charge < -0.3 is 5.73 Å². The molecule has 0 radical (unpaired) electrons. The SMILES string of the molecule is CC(C)CN(C)C(CN)c1ccc(F)cc1Br. The van der Waals surface area contributed by atoms with Gasteiger partial charge in [-0.2, -0.15) is 0 Å². The van der Waals surface area contributed by atoms with Crippen molar-refractivity contribution in [2.45, 2.75) is 19.9 Å². The molecule has 96 valence electrons. The normalized spacial score (nSPS) is 13.4. The summed E-state index contributed by atoms with van der Waals surface area (Å²) >= 11 is 3.40. The zero-order chi connectivity index (χ0) is 13.0. The first-order chi connectivity index (χ1) is 7.95. The fourth-order valence-electron chi connectivity index (χ4n) is 2.02. The lowest BCUT2D eigenvalue weighted by atomic mass is 10.0. The van der Waals surface area contributed by atoms with Gasteiger partial charge in [0.15, 0.2) is 0 Å². The topological polar surface area (TPSA) is 29.3 Å². The van der Waals surface area contributed by atoms with Gasteiger partial charge >= 0.3 is 0 Å². The second-order valence-electron chi connectivity index (χ2n) is 4.75. The van der Waals surface area contributed by atoms with Crippen LogP contribution in [0.2, 0.25) is 0 Å². The molecule has 0 amide bonds. The summed E-state index contributed by atoms with van der Waals surface area (Å²) < 4.78 is 13.8. The summed E-state index contributed by atoms with van der Waals surface area (Å²) in [5.74, 6) is 0.344. The lowest BCUT2D eigenvalue weighted by Gasteiger charge is -2.29. The molecule has 0 saturated heterocycles. The van der Waals surface area contributed by atoms with E-state index < -0.39 is 0 Å². The molecule has 0 aliphatic rings. The molecular formula is C13H20BrFN2. The number of likely N-dealkylation sites (N-methyl/N-ethyl adjacent to an activating group) is 1. The van der Waals surface area contributed by atoms with Crippen LogP contribution < -0.4 is 5.73 Å². The minimum absolute atomic E-state index is 0.118. The Morgan fingerprint density at radius 3 is 2.53 bits per heavy atom. The van der Waals surface area contributed by atoms with Gasteiger partial charge in [0.25, 0.3) is 0 Å². The third-order valence-corrected chi connectivity index (χ3v) is 3.42. The van der Waals surface area contributed by atoms with Crippen molar-refractivity contribution < 1.29 is 4.39 Å². The lowest BCUT2D eigenvalue weighted by molar-refractivity contribution is 0.223. The Kier molecular flexibility index (Phi) is 5.56. The summed E-state index contributed by atoms with van der Waals surface area (Å²) in [6.45, 7) is 5.83. The zero-order valence-electron chi connectivity index (χ0n) is 10.6. The Hall–Kier alpha value is -0.450. The minimum atomic E-state index is -0.233. The molecule has 0 aliphatic carbocycles. The van der Waals surface area contributed by atoms with Gasteiger partial charge in [0.2, 0.25) is 0 Å². The fraction of sp³-hybridized carbons (Fsp3) is 0.538. The second kappa shape index (κ2) is 6.47. The largest absolute Gasteiger partial charge is 0.329 e. The number of rotatable bonds is 5. The van der Waals surface area contributed by atoms with Gasteiger partial charge in [0, 0.05) is 23.6 Å². The van der Waals surface area contributed by atoms with Crippen LogP contribution in [0.4, 0.5) is 4.39 Å². The predicted octanol–water partition coefficient (Wildman–Crippen LogP) is 3.18. The molecule has 1 aromatic rings. The van der Waals surface area contributed by atoms with E-state index in [2.05, 4.69) is 34.7 Å². The van der Waals surface area contributed by atoms with Crippen LogP contribution in [0.1, 0.15) is 25.5 Å². The minimum Gasteiger partial charge on any atom is -0.329 e. The highest BCUT2D eigenvalue weighted by Crippen LogP contribution is 2.27. The summed E-state index contributed by atoms with van der Waals surface area (Å²) in [5.41, 5.74) is 6.87. The van der Waals surface area contributed by atoms with Crippen molar-refractivity contribution in [1.82, 2.24) is 4.90 Å². The summed E-state index contributed by atoms with van der Waals surface area (Å²) in [7, 11) is 2.05. The Bertz CT molecular complexity index is 368. The third-order valence-electron chi connectivity index (χ3n) is 2.73. The summed E-state index contributed by atoms with van der Waals surface area (Å²) in [6.07, 6.45) is 0. The maximum absolute atomic E-state index is 13.1. The van der Waals surface area contributed by atoms with E-state index in [0.717, 1.165) is 16.6 Å². The van der Waals surface area contributed by atoms with Gasteiger partial charge in [-0.15, -0.1) is 0 Å². The van der Waals surface area contributed by atoms with Crippen molar-refractivity contribution in [3.8, 4) is 0 Å². The molecule has 2 nitrogen and oxygen atoms in total. The van der Waals surface area contributed by atoms with Crippen molar-refractivity contribution in [1.29, 1.82) is 0 Å². The van der Waals surface area contributed by atoms with Crippen LogP contribution in [0, 0.1) is 11.7 Å². The van der Waals surface area contributed by atoms with E-state index in [4.69, 9.17) is 5.73 Å². The van der Waals surface area contributed by atoms with E-state index in [1.165, 1.54) is 12.1 Å². The molecule has 1 atom stereocenters. The molecule has 17 heavy (non-hydrogen) atoms. The maximum atomic E-state index is 13.1. The summed E-state index contributed by atoms with van der Waals surface area (Å²) in [5, 5.41) is 0. The highest BCUT2D eigenvalue weighted by molar-refractivity contribution is 9.10. The summed E-state index contributed by atoms with van der Waals surface area (Å²) in [6, 6.07) is 4.88. The van der Waals surface area contributed by atoms with Gasteiger partial charge in [-0.3, -0.25) is 4.90 Å². The molecule has 0 bridgehead atoms. The molecule has 0 saturated carbocycles. The molecule has 0 heterocycles. The molecule has 1 rings (SSSR count). The molecule has 0 fully saturated rings. The Labute approximate surface area is 111 Å². The van der Waals surface area contributed by atoms with Gasteiger partial charge in [0.1, 0.15) is 5.82 Å². The van der Waals surface area contributed by atoms with Gasteiger partial charge in [-0.1, -0.05) is 35.8 Å². The van der Waals surface area contributed by atoms with Crippen LogP contribution in [0.3, 0.4) is 0 Å². The number of hydrogen-bond acceptors (Lipinski definition) is 2. The zero-order valence-corrected chi connectivity index (χ0v) is 12.2. The molecule has 2 N–H and O–H groups in total. The monoisotopic (exact) mass is 302 g/mol. The number of nitrogens with zero attached hydrogens (tertiary/aromatic N) is 1. The molecule has 0 spiro atoms. The van der Waals surface area contributed by atoms with E-state index in [-0.39, 0.29) is 11.9 Å². The van der Waals surface area contributed by atoms with Crippen molar-refractivity contribution in [3.63, 3.8) is 0 Å². The molecular weight excluding hydrogens is 283 g/mol. The van der Waals surface area contributed by atoms with Crippen molar-refractivity contribution >= 4 is 15.9 Å². The molecule has 1 unspecified atom stereocenters. The molecule has 0 aliphatic heterocycles. The van der Waals surface area contributed by atoms with Crippen molar-refractivity contribution in [2.75, 3.05) is 20.1 Å². The Morgan fingerprint density at radius 1 is 1.41 bits per heavy atom. The van der Waals surface area contributed by atoms with E-state index in [0.29, 0.717) is 12.5 Å². The Balaban J connectivity index is 2.93. The third kappa shape index (κ3) is 4.05. The molecule has 1 aromatic carbocycles. The van der Waals surface area contributed by atoms with Crippen molar-refractivity contribution in [3.05, 3.63) is 34.1 Å². The first kappa shape index (κ1) is 14.6. The van der Waals surface area contributed by atoms with Crippen LogP contribution in [-0.2, 0) is 0 Å². The predicted molar refractivity (Wildman–Crippen MR) is 73.4 cm³/mol. The number of nitrogens with two attached hydrogens (primary N) is 1. The van der Waals surface area contributed by atoms with Crippen LogP contribution in [0.25, 0.3) is 0 Å². The van der Waals surface area contributed by atoms with Crippen molar-refractivity contribution in [2.24, 2.45) is 11.7 Å². The highest BCUT2D eigenvalue weighted by atomic mass is 79.9. The van der Waals surface area contributed by atoms with E-state index in [1.54, 1.807) is 6.07 Å². The van der Waals surface area contributed by atoms with Crippen LogP contribution in [0.5, 0.6) is 0 Å². The number of halogens is 2. The van der Waals surface area contributed by atoms with Crippen LogP contribution >= 0.6 is 15.9 Å². The highest BCUT2D eigenvalue weighted by Gasteiger charge is 2.18. The average molecular weight is 303 g/mol. The lowest BCUT2D eigenvalue weighted by Crippen LogP contribution is -2.33. The molecule has 0 aromatic heterocycles. The van der Waals surface area contributed by atoms with E-state index >= 15 is 0 Å². The first-order valence-corrected chi connectivity index (χ1v) is 6.60. The van der Waals surface area contributed by atoms with Crippen LogP contribution in [-0.4, -0.2) is 25.0 Å². The van der Waals surface area contributed by atoms with E-state index in [9.17, 15) is 4.39 Å². The maximum Gasteiger partial charge on any atom is 0.124 e. The van der Waals surface area contributed by atoms with Gasteiger partial charge in [-0.05, 0) is 30.7 Å². The number of benzene rings is 1. The summed E-state index contributed by atoms with van der Waals surface area (Å²) in [4.78, 5) is 2.21. The van der Waals surface area contributed by atoms with E-state index in [1.807, 2.05) is 7.05 Å². The first-order valence-electron chi connectivity index (χ1n) is 5.81. The molecule has 4 heteroatoms. The number of hydrogen-bond donors (Lipinski definition) is 1. The smallest absolute Gasteiger partial charge is 0.124 e.